The van der Waals surface area contributed by atoms with Gasteiger partial charge in [0.1, 0.15) is 5.75 Å². The number of likely N-dealkylation sites (tertiary alicyclic amines) is 1. The van der Waals surface area contributed by atoms with Crippen LogP contribution in [-0.4, -0.2) is 41.5 Å². The van der Waals surface area contributed by atoms with Gasteiger partial charge in [0.2, 0.25) is 0 Å². The molecule has 0 atom stereocenters. The number of nitrogens with zero attached hydrogens (tertiary/aromatic N) is 1. The van der Waals surface area contributed by atoms with Crippen molar-refractivity contribution >= 4 is 50.8 Å². The molecule has 0 unspecified atom stereocenters. The highest BCUT2D eigenvalue weighted by Crippen LogP contribution is 2.23. The molecule has 3 rings (SSSR count). The van der Waals surface area contributed by atoms with Crippen molar-refractivity contribution in [3.8, 4) is 5.75 Å². The van der Waals surface area contributed by atoms with Gasteiger partial charge in [0.05, 0.1) is 12.2 Å². The quantitative estimate of drug-likeness (QED) is 0.580. The Balaban J connectivity index is 1.61. The lowest BCUT2D eigenvalue weighted by Gasteiger charge is -2.16. The molecule has 2 N–H and O–H groups in total. The maximum atomic E-state index is 12.7. The molecule has 1 fully saturated rings. The standard InChI is InChI=1S/C22H24BrN3O3S/c1-2-13-29-19-10-7-16(23)14-18(19)20(27)25-22(30)24-17-8-5-15(6-9-17)21(28)26-11-3-4-12-26/h5-10,14H,2-4,11-13H2,1H3,(H2,24,25,27,30). The molecule has 1 aliphatic rings. The molecule has 30 heavy (non-hydrogen) atoms. The lowest BCUT2D eigenvalue weighted by atomic mass is 10.2. The van der Waals surface area contributed by atoms with Crippen LogP contribution >= 0.6 is 28.1 Å². The smallest absolute Gasteiger partial charge is 0.261 e. The third-order valence-electron chi connectivity index (χ3n) is 4.66. The van der Waals surface area contributed by atoms with Crippen molar-refractivity contribution in [3.63, 3.8) is 0 Å². The van der Waals surface area contributed by atoms with Crippen LogP contribution in [0.15, 0.2) is 46.9 Å². The summed E-state index contributed by atoms with van der Waals surface area (Å²) in [7, 11) is 0. The fourth-order valence-electron chi connectivity index (χ4n) is 3.15. The molecule has 0 spiro atoms. The summed E-state index contributed by atoms with van der Waals surface area (Å²) in [4.78, 5) is 27.0. The molecule has 0 aromatic heterocycles. The molecule has 2 amide bonds. The number of thiocarbonyl (C=S) groups is 1. The van der Waals surface area contributed by atoms with E-state index in [4.69, 9.17) is 17.0 Å². The third-order valence-corrected chi connectivity index (χ3v) is 5.36. The normalized spacial score (nSPS) is 13.1. The predicted molar refractivity (Wildman–Crippen MR) is 125 cm³/mol. The van der Waals surface area contributed by atoms with Crippen LogP contribution in [0.25, 0.3) is 0 Å². The first-order chi connectivity index (χ1) is 14.5. The second-order valence-electron chi connectivity index (χ2n) is 6.97. The predicted octanol–water partition coefficient (Wildman–Crippen LogP) is 4.60. The summed E-state index contributed by atoms with van der Waals surface area (Å²) in [6, 6.07) is 12.3. The lowest BCUT2D eigenvalue weighted by Crippen LogP contribution is -2.34. The summed E-state index contributed by atoms with van der Waals surface area (Å²) in [6.07, 6.45) is 2.96. The van der Waals surface area contributed by atoms with Gasteiger partial charge in [-0.25, -0.2) is 0 Å². The molecule has 1 saturated heterocycles. The van der Waals surface area contributed by atoms with Crippen LogP contribution in [0.4, 0.5) is 5.69 Å². The van der Waals surface area contributed by atoms with Crippen LogP contribution in [-0.2, 0) is 0 Å². The average Bonchev–Trinajstić information content (AvgIpc) is 3.27. The molecule has 0 bridgehead atoms. The number of anilines is 1. The van der Waals surface area contributed by atoms with E-state index in [1.807, 2.05) is 17.9 Å². The number of carbonyl (C=O) groups is 2. The van der Waals surface area contributed by atoms with Crippen molar-refractivity contribution in [2.45, 2.75) is 26.2 Å². The summed E-state index contributed by atoms with van der Waals surface area (Å²) < 4.78 is 6.43. The number of ether oxygens (including phenoxy) is 1. The number of rotatable bonds is 6. The summed E-state index contributed by atoms with van der Waals surface area (Å²) >= 11 is 8.66. The van der Waals surface area contributed by atoms with E-state index in [0.29, 0.717) is 29.2 Å². The Hall–Kier alpha value is -2.45. The van der Waals surface area contributed by atoms with Crippen LogP contribution in [0.1, 0.15) is 46.9 Å². The second kappa shape index (κ2) is 10.5. The number of carbonyl (C=O) groups excluding carboxylic acids is 2. The summed E-state index contributed by atoms with van der Waals surface area (Å²) in [5, 5.41) is 5.82. The van der Waals surface area contributed by atoms with E-state index in [9.17, 15) is 9.59 Å². The zero-order chi connectivity index (χ0) is 21.5. The van der Waals surface area contributed by atoms with Gasteiger partial charge in [0.25, 0.3) is 11.8 Å². The third kappa shape index (κ3) is 5.79. The van der Waals surface area contributed by atoms with Crippen molar-refractivity contribution in [1.82, 2.24) is 10.2 Å². The molecule has 2 aromatic carbocycles. The molecule has 2 aromatic rings. The Kier molecular flexibility index (Phi) is 7.81. The van der Waals surface area contributed by atoms with E-state index in [2.05, 4.69) is 26.6 Å². The van der Waals surface area contributed by atoms with Gasteiger partial charge in [-0.3, -0.25) is 14.9 Å². The van der Waals surface area contributed by atoms with E-state index in [1.54, 1.807) is 36.4 Å². The minimum absolute atomic E-state index is 0.0455. The number of amides is 2. The van der Waals surface area contributed by atoms with Crippen molar-refractivity contribution < 1.29 is 14.3 Å². The Bertz CT molecular complexity index is 928. The minimum Gasteiger partial charge on any atom is -0.493 e. The van der Waals surface area contributed by atoms with Crippen LogP contribution in [0.3, 0.4) is 0 Å². The number of benzene rings is 2. The van der Waals surface area contributed by atoms with Gasteiger partial charge in [-0.1, -0.05) is 22.9 Å². The Morgan fingerprint density at radius 2 is 1.83 bits per heavy atom. The fourth-order valence-corrected chi connectivity index (χ4v) is 3.72. The van der Waals surface area contributed by atoms with E-state index >= 15 is 0 Å². The fraction of sp³-hybridized carbons (Fsp3) is 0.318. The Labute approximate surface area is 190 Å². The molecule has 0 aliphatic carbocycles. The van der Waals surface area contributed by atoms with Crippen LogP contribution in [0.2, 0.25) is 0 Å². The second-order valence-corrected chi connectivity index (χ2v) is 8.30. The van der Waals surface area contributed by atoms with E-state index < -0.39 is 0 Å². The highest BCUT2D eigenvalue weighted by Gasteiger charge is 2.19. The molecular formula is C22H24BrN3O3S. The first-order valence-corrected chi connectivity index (χ1v) is 11.1. The molecule has 0 radical (unpaired) electrons. The molecular weight excluding hydrogens is 466 g/mol. The van der Waals surface area contributed by atoms with Crippen molar-refractivity contribution in [2.24, 2.45) is 0 Å². The topological polar surface area (TPSA) is 70.7 Å². The first-order valence-electron chi connectivity index (χ1n) is 9.92. The first kappa shape index (κ1) is 22.2. The van der Waals surface area contributed by atoms with Crippen LogP contribution in [0, 0.1) is 0 Å². The molecule has 8 heteroatoms. The Morgan fingerprint density at radius 1 is 1.13 bits per heavy atom. The molecule has 0 saturated carbocycles. The Morgan fingerprint density at radius 3 is 2.50 bits per heavy atom. The number of hydrogen-bond acceptors (Lipinski definition) is 4. The van der Waals surface area contributed by atoms with Crippen LogP contribution < -0.4 is 15.4 Å². The summed E-state index contributed by atoms with van der Waals surface area (Å²) in [5.41, 5.74) is 1.73. The largest absolute Gasteiger partial charge is 0.493 e. The lowest BCUT2D eigenvalue weighted by molar-refractivity contribution is 0.0792. The zero-order valence-electron chi connectivity index (χ0n) is 16.7. The van der Waals surface area contributed by atoms with Crippen molar-refractivity contribution in [1.29, 1.82) is 0 Å². The van der Waals surface area contributed by atoms with Crippen molar-refractivity contribution in [2.75, 3.05) is 25.0 Å². The number of halogens is 1. The highest BCUT2D eigenvalue weighted by molar-refractivity contribution is 9.10. The molecule has 1 aliphatic heterocycles. The maximum absolute atomic E-state index is 12.7. The summed E-state index contributed by atoms with van der Waals surface area (Å²) in [5.74, 6) is 0.190. The van der Waals surface area contributed by atoms with Gasteiger partial charge >= 0.3 is 0 Å². The number of nitrogens with one attached hydrogen (secondary N) is 2. The van der Waals surface area contributed by atoms with E-state index in [-0.39, 0.29) is 16.9 Å². The van der Waals surface area contributed by atoms with E-state index in [0.717, 1.165) is 36.8 Å². The maximum Gasteiger partial charge on any atom is 0.261 e. The number of hydrogen-bond donors (Lipinski definition) is 2. The van der Waals surface area contributed by atoms with Gasteiger partial charge in [-0.2, -0.15) is 0 Å². The van der Waals surface area contributed by atoms with Crippen LogP contribution in [0.5, 0.6) is 5.75 Å². The van der Waals surface area contributed by atoms with Gasteiger partial charge in [0, 0.05) is 28.8 Å². The van der Waals surface area contributed by atoms with Gasteiger partial charge in [-0.05, 0) is 73.9 Å². The SMILES string of the molecule is CCCOc1ccc(Br)cc1C(=O)NC(=S)Nc1ccc(C(=O)N2CCCC2)cc1. The highest BCUT2D eigenvalue weighted by atomic mass is 79.9. The van der Waals surface area contributed by atoms with Gasteiger partial charge in [-0.15, -0.1) is 0 Å². The molecule has 158 valence electrons. The monoisotopic (exact) mass is 489 g/mol. The van der Waals surface area contributed by atoms with Gasteiger partial charge in [0.15, 0.2) is 5.11 Å². The van der Waals surface area contributed by atoms with Gasteiger partial charge < -0.3 is 15.0 Å². The van der Waals surface area contributed by atoms with E-state index in [1.165, 1.54) is 0 Å². The molecule has 6 nitrogen and oxygen atoms in total. The average molecular weight is 490 g/mol. The minimum atomic E-state index is -0.360. The summed E-state index contributed by atoms with van der Waals surface area (Å²) in [6.45, 7) is 4.15. The van der Waals surface area contributed by atoms with Crippen molar-refractivity contribution in [3.05, 3.63) is 58.1 Å². The molecule has 1 heterocycles. The zero-order valence-corrected chi connectivity index (χ0v) is 19.1.